The Bertz CT molecular complexity index is 2800. The summed E-state index contributed by atoms with van der Waals surface area (Å²) < 4.78 is 2.36. The second-order valence-electron chi connectivity index (χ2n) is 16.2. The van der Waals surface area contributed by atoms with E-state index in [1.165, 1.54) is 80.5 Å². The van der Waals surface area contributed by atoms with Crippen LogP contribution in [-0.4, -0.2) is 14.5 Å². The van der Waals surface area contributed by atoms with E-state index < -0.39 is 0 Å². The molecule has 5 aliphatic carbocycles. The van der Waals surface area contributed by atoms with Gasteiger partial charge in [-0.05, 0) is 112 Å². The molecule has 0 saturated heterocycles. The number of hydrogen-bond donors (Lipinski definition) is 0. The number of hydrogen-bond acceptors (Lipinski definition) is 2. The summed E-state index contributed by atoms with van der Waals surface area (Å²) in [6, 6.07) is 47.5. The number of aromatic nitrogens is 3. The Labute approximate surface area is 296 Å². The molecule has 2 aromatic heterocycles. The third-order valence-electron chi connectivity index (χ3n) is 14.5. The summed E-state index contributed by atoms with van der Waals surface area (Å²) in [6.45, 7) is 0. The van der Waals surface area contributed by atoms with Gasteiger partial charge in [-0.3, -0.25) is 0 Å². The van der Waals surface area contributed by atoms with Crippen molar-refractivity contribution in [1.82, 2.24) is 14.5 Å². The summed E-state index contributed by atoms with van der Waals surface area (Å²) in [5, 5.41) is 4.96. The van der Waals surface area contributed by atoms with Gasteiger partial charge in [0, 0.05) is 27.1 Å². The van der Waals surface area contributed by atoms with Crippen LogP contribution < -0.4 is 0 Å². The molecular formula is C48H35N3. The molecule has 0 aliphatic heterocycles. The molecule has 2 bridgehead atoms. The highest BCUT2D eigenvalue weighted by Gasteiger charge is 2.84. The lowest BCUT2D eigenvalue weighted by molar-refractivity contribution is -0.231. The van der Waals surface area contributed by atoms with Crippen LogP contribution in [0.4, 0.5) is 0 Å². The van der Waals surface area contributed by atoms with Crippen molar-refractivity contribution in [3.8, 4) is 39.3 Å². The van der Waals surface area contributed by atoms with Crippen LogP contribution in [-0.2, 0) is 5.41 Å². The van der Waals surface area contributed by atoms with Gasteiger partial charge in [-0.15, -0.1) is 0 Å². The molecule has 0 N–H and O–H groups in total. The zero-order chi connectivity index (χ0) is 33.1. The first kappa shape index (κ1) is 27.2. The molecule has 3 heteroatoms. The van der Waals surface area contributed by atoms with E-state index in [0.717, 1.165) is 40.7 Å². The molecule has 0 amide bonds. The monoisotopic (exact) mass is 653 g/mol. The fraction of sp³-hybridized carbons (Fsp3) is 0.208. The third-order valence-corrected chi connectivity index (χ3v) is 14.5. The molecule has 13 rings (SSSR count). The first-order valence-corrected chi connectivity index (χ1v) is 18.8. The summed E-state index contributed by atoms with van der Waals surface area (Å²) in [7, 11) is 0. The van der Waals surface area contributed by atoms with Gasteiger partial charge in [0.05, 0.1) is 29.1 Å². The van der Waals surface area contributed by atoms with Crippen molar-refractivity contribution in [3.63, 3.8) is 0 Å². The SMILES string of the molecule is c1ccc(-c2ncc(-n3c4ccc(-c5ccc6c(c5)-c5ccccc5C65C6CC7CC8C[C@@H]5C86C7)cc4c4ccc5ccccc5c43)cn2)cc1. The maximum atomic E-state index is 4.85. The smallest absolute Gasteiger partial charge is 0.159 e. The van der Waals surface area contributed by atoms with Crippen LogP contribution in [0.5, 0.6) is 0 Å². The molecule has 5 unspecified atom stereocenters. The Morgan fingerprint density at radius 3 is 2.24 bits per heavy atom. The van der Waals surface area contributed by atoms with Gasteiger partial charge in [0.1, 0.15) is 0 Å². The summed E-state index contributed by atoms with van der Waals surface area (Å²) in [5.41, 5.74) is 14.1. The maximum Gasteiger partial charge on any atom is 0.159 e. The van der Waals surface area contributed by atoms with Crippen molar-refractivity contribution < 1.29 is 0 Å². The highest BCUT2D eigenvalue weighted by Crippen LogP contribution is 2.89. The van der Waals surface area contributed by atoms with Crippen molar-refractivity contribution >= 4 is 32.6 Å². The lowest BCUT2D eigenvalue weighted by Gasteiger charge is -2.76. The van der Waals surface area contributed by atoms with Gasteiger partial charge in [-0.1, -0.05) is 109 Å². The standard InChI is InChI=1S/C48H35N3/c1-2-9-30(10-3-1)46-49-26-34(27-50-46)51-42-19-16-32(23-39(42)37-17-14-29-8-4-5-11-35(29)45(37)51)31-15-18-41-38(22-31)36-12-6-7-13-40(36)48(41)43-21-28-20-33-24-44(48)47(33,43)25-28/h1-19,22-23,26-28,33,43-44H,20-21,24-25H2/t28?,33?,43?,44-,47?,48?/m1/s1. The van der Waals surface area contributed by atoms with Crippen LogP contribution in [0.25, 0.3) is 71.9 Å². The zero-order valence-electron chi connectivity index (χ0n) is 28.3. The molecule has 2 spiro atoms. The molecule has 4 saturated carbocycles. The van der Waals surface area contributed by atoms with Crippen LogP contribution >= 0.6 is 0 Å². The van der Waals surface area contributed by atoms with Gasteiger partial charge in [0.15, 0.2) is 5.82 Å². The molecule has 6 aromatic carbocycles. The van der Waals surface area contributed by atoms with E-state index in [2.05, 4.69) is 114 Å². The van der Waals surface area contributed by atoms with Crippen molar-refractivity contribution in [2.45, 2.75) is 31.1 Å². The van der Waals surface area contributed by atoms with Crippen LogP contribution in [0, 0.1) is 29.1 Å². The topological polar surface area (TPSA) is 30.7 Å². The molecule has 0 radical (unpaired) electrons. The Morgan fingerprint density at radius 2 is 1.33 bits per heavy atom. The van der Waals surface area contributed by atoms with E-state index in [0.29, 0.717) is 5.41 Å². The van der Waals surface area contributed by atoms with E-state index >= 15 is 0 Å². The largest absolute Gasteiger partial charge is 0.306 e. The van der Waals surface area contributed by atoms with Gasteiger partial charge in [0.25, 0.3) is 0 Å². The van der Waals surface area contributed by atoms with Crippen LogP contribution in [0.2, 0.25) is 0 Å². The van der Waals surface area contributed by atoms with E-state index in [1.54, 1.807) is 11.1 Å². The van der Waals surface area contributed by atoms with Crippen molar-refractivity contribution in [2.24, 2.45) is 29.1 Å². The van der Waals surface area contributed by atoms with Gasteiger partial charge in [-0.25, -0.2) is 9.97 Å². The fourth-order valence-electron chi connectivity index (χ4n) is 12.9. The Morgan fingerprint density at radius 1 is 0.569 bits per heavy atom. The normalized spacial score (nSPS) is 27.5. The minimum Gasteiger partial charge on any atom is -0.306 e. The minimum absolute atomic E-state index is 0.243. The molecular weight excluding hydrogens is 619 g/mol. The Kier molecular flexibility index (Phi) is 4.92. The number of rotatable bonds is 3. The summed E-state index contributed by atoms with van der Waals surface area (Å²) in [6.07, 6.45) is 9.86. The average molecular weight is 654 g/mol. The molecule has 51 heavy (non-hydrogen) atoms. The first-order chi connectivity index (χ1) is 25.2. The fourth-order valence-corrected chi connectivity index (χ4v) is 12.9. The molecule has 242 valence electrons. The number of fused-ring (bicyclic) bond motifs is 13. The molecule has 5 aliphatic rings. The lowest BCUT2D eigenvalue weighted by Crippen LogP contribution is -2.73. The van der Waals surface area contributed by atoms with Crippen molar-refractivity contribution in [1.29, 1.82) is 0 Å². The predicted octanol–water partition coefficient (Wildman–Crippen LogP) is 11.4. The molecule has 4 fully saturated rings. The Hall–Kier alpha value is -5.54. The molecule has 8 aromatic rings. The number of benzene rings is 6. The van der Waals surface area contributed by atoms with E-state index in [1.807, 2.05) is 30.6 Å². The maximum absolute atomic E-state index is 4.85. The summed E-state index contributed by atoms with van der Waals surface area (Å²) in [4.78, 5) is 9.69. The van der Waals surface area contributed by atoms with E-state index in [-0.39, 0.29) is 5.41 Å². The first-order valence-electron chi connectivity index (χ1n) is 18.8. The van der Waals surface area contributed by atoms with Crippen LogP contribution in [0.1, 0.15) is 36.8 Å². The second-order valence-corrected chi connectivity index (χ2v) is 16.2. The highest BCUT2D eigenvalue weighted by atomic mass is 15.0. The van der Waals surface area contributed by atoms with Crippen LogP contribution in [0.3, 0.4) is 0 Å². The van der Waals surface area contributed by atoms with Gasteiger partial charge in [-0.2, -0.15) is 0 Å². The lowest BCUT2D eigenvalue weighted by atomic mass is 9.27. The third kappa shape index (κ3) is 3.11. The summed E-state index contributed by atoms with van der Waals surface area (Å²) >= 11 is 0. The van der Waals surface area contributed by atoms with E-state index in [9.17, 15) is 0 Å². The van der Waals surface area contributed by atoms with Crippen LogP contribution in [0.15, 0.2) is 140 Å². The molecule has 2 heterocycles. The highest BCUT2D eigenvalue weighted by molar-refractivity contribution is 6.19. The van der Waals surface area contributed by atoms with Crippen molar-refractivity contribution in [3.05, 3.63) is 151 Å². The zero-order valence-corrected chi connectivity index (χ0v) is 28.3. The molecule has 3 nitrogen and oxygen atoms in total. The average Bonchev–Trinajstić information content (AvgIpc) is 3.91. The Balaban J connectivity index is 0.985. The van der Waals surface area contributed by atoms with Gasteiger partial charge < -0.3 is 4.57 Å². The van der Waals surface area contributed by atoms with Crippen molar-refractivity contribution in [2.75, 3.05) is 0 Å². The quantitative estimate of drug-likeness (QED) is 0.190. The minimum atomic E-state index is 0.243. The predicted molar refractivity (Wildman–Crippen MR) is 206 cm³/mol. The second kappa shape index (κ2) is 9.22. The van der Waals surface area contributed by atoms with Gasteiger partial charge in [0.2, 0.25) is 0 Å². The van der Waals surface area contributed by atoms with E-state index in [4.69, 9.17) is 9.97 Å². The summed E-state index contributed by atoms with van der Waals surface area (Å²) in [5.74, 6) is 4.39. The number of nitrogens with zero attached hydrogens (tertiary/aromatic N) is 3. The van der Waals surface area contributed by atoms with Gasteiger partial charge >= 0.3 is 0 Å². The molecule has 6 atom stereocenters.